The molecule has 0 bridgehead atoms. The lowest BCUT2D eigenvalue weighted by atomic mass is 9.91. The normalized spacial score (nSPS) is 21.9. The first-order chi connectivity index (χ1) is 10.0. The molecule has 2 unspecified atom stereocenters. The molecule has 2 atom stereocenters. The topological polar surface area (TPSA) is 69.6 Å². The number of urea groups is 1. The fourth-order valence-electron chi connectivity index (χ4n) is 2.86. The van der Waals surface area contributed by atoms with Gasteiger partial charge in [0.15, 0.2) is 0 Å². The van der Waals surface area contributed by atoms with Gasteiger partial charge in [-0.25, -0.2) is 9.59 Å². The van der Waals surface area contributed by atoms with Crippen molar-refractivity contribution in [3.8, 4) is 0 Å². The first-order valence-corrected chi connectivity index (χ1v) is 7.42. The minimum atomic E-state index is -0.931. The van der Waals surface area contributed by atoms with Crippen LogP contribution in [0.1, 0.15) is 32.3 Å². The van der Waals surface area contributed by atoms with Gasteiger partial charge in [-0.1, -0.05) is 26.0 Å². The maximum Gasteiger partial charge on any atom is 0.326 e. The Balaban J connectivity index is 2.12. The molecule has 21 heavy (non-hydrogen) atoms. The molecule has 0 saturated carbocycles. The molecule has 0 spiro atoms. The van der Waals surface area contributed by atoms with Crippen molar-refractivity contribution in [2.75, 3.05) is 11.9 Å². The summed E-state index contributed by atoms with van der Waals surface area (Å²) in [5.41, 5.74) is 1.84. The third-order valence-electron chi connectivity index (χ3n) is 4.03. The summed E-state index contributed by atoms with van der Waals surface area (Å²) in [6.07, 6.45) is 2.57. The zero-order chi connectivity index (χ0) is 15.4. The summed E-state index contributed by atoms with van der Waals surface area (Å²) in [5, 5.41) is 12.2. The van der Waals surface area contributed by atoms with E-state index < -0.39 is 12.0 Å². The number of carboxylic acids is 1. The Labute approximate surface area is 125 Å². The third kappa shape index (κ3) is 3.54. The number of carboxylic acid groups (broad SMARTS) is 1. The summed E-state index contributed by atoms with van der Waals surface area (Å²) < 4.78 is 0. The molecular weight excluding hydrogens is 268 g/mol. The molecule has 2 amide bonds. The minimum Gasteiger partial charge on any atom is -0.480 e. The van der Waals surface area contributed by atoms with Crippen LogP contribution in [0.25, 0.3) is 0 Å². The molecule has 2 rings (SSSR count). The second-order valence-corrected chi connectivity index (χ2v) is 5.58. The highest BCUT2D eigenvalue weighted by Crippen LogP contribution is 2.24. The molecule has 1 heterocycles. The molecule has 2 N–H and O–H groups in total. The summed E-state index contributed by atoms with van der Waals surface area (Å²) >= 11 is 0. The Morgan fingerprint density at radius 2 is 2.19 bits per heavy atom. The number of hydrogen-bond acceptors (Lipinski definition) is 2. The van der Waals surface area contributed by atoms with E-state index in [4.69, 9.17) is 0 Å². The zero-order valence-corrected chi connectivity index (χ0v) is 12.5. The van der Waals surface area contributed by atoms with Crippen molar-refractivity contribution < 1.29 is 14.7 Å². The number of aryl methyl sites for hydroxylation is 1. The van der Waals surface area contributed by atoms with Crippen molar-refractivity contribution in [2.45, 2.75) is 39.2 Å². The molecule has 1 aromatic carbocycles. The van der Waals surface area contributed by atoms with Gasteiger partial charge >= 0.3 is 12.0 Å². The van der Waals surface area contributed by atoms with Gasteiger partial charge in [0.1, 0.15) is 6.04 Å². The van der Waals surface area contributed by atoms with E-state index in [9.17, 15) is 14.7 Å². The quantitative estimate of drug-likeness (QED) is 0.899. The van der Waals surface area contributed by atoms with Crippen molar-refractivity contribution in [1.82, 2.24) is 4.90 Å². The highest BCUT2D eigenvalue weighted by molar-refractivity contribution is 5.92. The highest BCUT2D eigenvalue weighted by atomic mass is 16.4. The SMILES string of the molecule is CCc1cccc(NC(=O)N2CCCC(C)C2C(=O)O)c1. The van der Waals surface area contributed by atoms with Crippen LogP contribution in [-0.4, -0.2) is 34.6 Å². The average molecular weight is 290 g/mol. The van der Waals surface area contributed by atoms with Crippen LogP contribution >= 0.6 is 0 Å². The molecule has 0 radical (unpaired) electrons. The monoisotopic (exact) mass is 290 g/mol. The smallest absolute Gasteiger partial charge is 0.326 e. The van der Waals surface area contributed by atoms with Crippen LogP contribution in [0.3, 0.4) is 0 Å². The second-order valence-electron chi connectivity index (χ2n) is 5.58. The lowest BCUT2D eigenvalue weighted by Crippen LogP contribution is -2.53. The number of hydrogen-bond donors (Lipinski definition) is 2. The third-order valence-corrected chi connectivity index (χ3v) is 4.03. The molecule has 1 aromatic rings. The van der Waals surface area contributed by atoms with Gasteiger partial charge in [-0.15, -0.1) is 0 Å². The first kappa shape index (κ1) is 15.4. The van der Waals surface area contributed by atoms with Gasteiger partial charge in [0, 0.05) is 12.2 Å². The van der Waals surface area contributed by atoms with E-state index in [1.54, 1.807) is 0 Å². The van der Waals surface area contributed by atoms with Gasteiger partial charge in [-0.2, -0.15) is 0 Å². The van der Waals surface area contributed by atoms with E-state index in [1.165, 1.54) is 4.90 Å². The highest BCUT2D eigenvalue weighted by Gasteiger charge is 2.37. The van der Waals surface area contributed by atoms with Gasteiger partial charge in [-0.05, 0) is 42.9 Å². The molecule has 1 aliphatic heterocycles. The van der Waals surface area contributed by atoms with Crippen LogP contribution in [0.15, 0.2) is 24.3 Å². The van der Waals surface area contributed by atoms with Crippen LogP contribution < -0.4 is 5.32 Å². The van der Waals surface area contributed by atoms with Gasteiger partial charge in [-0.3, -0.25) is 0 Å². The van der Waals surface area contributed by atoms with E-state index >= 15 is 0 Å². The second kappa shape index (κ2) is 6.61. The van der Waals surface area contributed by atoms with Gasteiger partial charge < -0.3 is 15.3 Å². The van der Waals surface area contributed by atoms with Crippen LogP contribution in [0, 0.1) is 5.92 Å². The Hall–Kier alpha value is -2.04. The number of nitrogens with zero attached hydrogens (tertiary/aromatic N) is 1. The zero-order valence-electron chi connectivity index (χ0n) is 12.5. The lowest BCUT2D eigenvalue weighted by Gasteiger charge is -2.37. The number of nitrogens with one attached hydrogen (secondary N) is 1. The fourth-order valence-corrected chi connectivity index (χ4v) is 2.86. The van der Waals surface area contributed by atoms with Crippen molar-refractivity contribution >= 4 is 17.7 Å². The fraction of sp³-hybridized carbons (Fsp3) is 0.500. The molecule has 1 aliphatic rings. The van der Waals surface area contributed by atoms with Crippen molar-refractivity contribution in [1.29, 1.82) is 0 Å². The summed E-state index contributed by atoms with van der Waals surface area (Å²) in [4.78, 5) is 25.2. The van der Waals surface area contributed by atoms with E-state index in [2.05, 4.69) is 5.32 Å². The van der Waals surface area contributed by atoms with Crippen molar-refractivity contribution in [3.63, 3.8) is 0 Å². The molecule has 5 heteroatoms. The average Bonchev–Trinajstić information content (AvgIpc) is 2.46. The molecule has 114 valence electrons. The number of anilines is 1. The predicted molar refractivity (Wildman–Crippen MR) is 81.4 cm³/mol. The minimum absolute atomic E-state index is 0.0241. The number of aliphatic carboxylic acids is 1. The van der Waals surface area contributed by atoms with Crippen LogP contribution in [0.5, 0.6) is 0 Å². The number of benzene rings is 1. The predicted octanol–water partition coefficient (Wildman–Crippen LogP) is 2.97. The number of rotatable bonds is 3. The number of piperidine rings is 1. The Morgan fingerprint density at radius 3 is 2.86 bits per heavy atom. The summed E-state index contributed by atoms with van der Waals surface area (Å²) in [5.74, 6) is -0.955. The molecule has 1 saturated heterocycles. The van der Waals surface area contributed by atoms with Crippen LogP contribution in [0.4, 0.5) is 10.5 Å². The number of amides is 2. The standard InChI is InChI=1S/C16H22N2O3/c1-3-12-7-4-8-13(10-12)17-16(21)18-9-5-6-11(2)14(18)15(19)20/h4,7-8,10-11,14H,3,5-6,9H2,1-2H3,(H,17,21)(H,19,20). The summed E-state index contributed by atoms with van der Waals surface area (Å²) in [7, 11) is 0. The Kier molecular flexibility index (Phi) is 4.83. The number of carbonyl (C=O) groups is 2. The largest absolute Gasteiger partial charge is 0.480 e. The van der Waals surface area contributed by atoms with E-state index in [-0.39, 0.29) is 11.9 Å². The maximum absolute atomic E-state index is 12.4. The van der Waals surface area contributed by atoms with Crippen LogP contribution in [-0.2, 0) is 11.2 Å². The Morgan fingerprint density at radius 1 is 1.43 bits per heavy atom. The number of carbonyl (C=O) groups excluding carboxylic acids is 1. The maximum atomic E-state index is 12.4. The molecule has 5 nitrogen and oxygen atoms in total. The van der Waals surface area contributed by atoms with Gasteiger partial charge in [0.25, 0.3) is 0 Å². The van der Waals surface area contributed by atoms with E-state index in [1.807, 2.05) is 38.1 Å². The van der Waals surface area contributed by atoms with E-state index in [0.717, 1.165) is 24.8 Å². The molecule has 0 aromatic heterocycles. The van der Waals surface area contributed by atoms with Crippen molar-refractivity contribution in [3.05, 3.63) is 29.8 Å². The van der Waals surface area contributed by atoms with Gasteiger partial charge in [0.2, 0.25) is 0 Å². The van der Waals surface area contributed by atoms with Crippen molar-refractivity contribution in [2.24, 2.45) is 5.92 Å². The molecule has 1 fully saturated rings. The summed E-state index contributed by atoms with van der Waals surface area (Å²) in [6, 6.07) is 6.55. The Bertz CT molecular complexity index is 530. The lowest BCUT2D eigenvalue weighted by molar-refractivity contribution is -0.145. The van der Waals surface area contributed by atoms with Gasteiger partial charge in [0.05, 0.1) is 0 Å². The summed E-state index contributed by atoms with van der Waals surface area (Å²) in [6.45, 7) is 4.42. The van der Waals surface area contributed by atoms with Crippen LogP contribution in [0.2, 0.25) is 0 Å². The number of likely N-dealkylation sites (tertiary alicyclic amines) is 1. The first-order valence-electron chi connectivity index (χ1n) is 7.42. The molecular formula is C16H22N2O3. The van der Waals surface area contributed by atoms with E-state index in [0.29, 0.717) is 12.2 Å². The molecule has 0 aliphatic carbocycles.